The lowest BCUT2D eigenvalue weighted by molar-refractivity contribution is 0.140. The molecule has 0 aliphatic carbocycles. The number of para-hydroxylation sites is 2. The van der Waals surface area contributed by atoms with Crippen molar-refractivity contribution in [3.8, 4) is 5.75 Å². The number of imidazole rings is 1. The molecule has 1 N–H and O–H groups in total. The third-order valence-corrected chi connectivity index (χ3v) is 4.62. The summed E-state index contributed by atoms with van der Waals surface area (Å²) < 4.78 is 12.7. The van der Waals surface area contributed by atoms with E-state index >= 15 is 0 Å². The van der Waals surface area contributed by atoms with Gasteiger partial charge < -0.3 is 24.3 Å². The number of carbonyl (C=O) groups is 1. The van der Waals surface area contributed by atoms with Crippen molar-refractivity contribution in [2.24, 2.45) is 7.05 Å². The summed E-state index contributed by atoms with van der Waals surface area (Å²) in [5, 5.41) is 2.96. The Morgan fingerprint density at radius 3 is 2.67 bits per heavy atom. The van der Waals surface area contributed by atoms with Crippen LogP contribution >= 0.6 is 0 Å². The molecule has 1 aromatic heterocycles. The molecule has 0 unspecified atom stereocenters. The highest BCUT2D eigenvalue weighted by molar-refractivity contribution is 5.91. The van der Waals surface area contributed by atoms with Gasteiger partial charge in [-0.2, -0.15) is 0 Å². The van der Waals surface area contributed by atoms with Gasteiger partial charge in [-0.25, -0.2) is 9.78 Å². The van der Waals surface area contributed by atoms with Gasteiger partial charge in [0, 0.05) is 52.7 Å². The van der Waals surface area contributed by atoms with Gasteiger partial charge in [0.05, 0.1) is 18.8 Å². The molecular formula is C19H27N5O3. The van der Waals surface area contributed by atoms with Crippen molar-refractivity contribution in [2.75, 3.05) is 51.8 Å². The number of amides is 2. The molecule has 0 bridgehead atoms. The predicted octanol–water partition coefficient (Wildman–Crippen LogP) is 1.79. The second kappa shape index (κ2) is 9.38. The van der Waals surface area contributed by atoms with Crippen LogP contribution in [-0.2, 0) is 18.3 Å². The molecule has 1 saturated heterocycles. The molecule has 0 atom stereocenters. The number of hydrogen-bond acceptors (Lipinski definition) is 5. The predicted molar refractivity (Wildman–Crippen MR) is 103 cm³/mol. The van der Waals surface area contributed by atoms with Crippen LogP contribution in [-0.4, -0.2) is 71.9 Å². The molecule has 2 amide bonds. The van der Waals surface area contributed by atoms with Gasteiger partial charge in [-0.3, -0.25) is 4.90 Å². The number of methoxy groups -OCH3 is 1. The van der Waals surface area contributed by atoms with Crippen LogP contribution in [0.3, 0.4) is 0 Å². The SMILES string of the molecule is COCCOc1ccccc1NC(=O)N1CCN(Cc2nccn2C)CC1. The highest BCUT2D eigenvalue weighted by Crippen LogP contribution is 2.24. The number of rotatable bonds is 7. The lowest BCUT2D eigenvalue weighted by Gasteiger charge is -2.34. The van der Waals surface area contributed by atoms with E-state index in [0.717, 1.165) is 25.5 Å². The minimum absolute atomic E-state index is 0.102. The van der Waals surface area contributed by atoms with Crippen LogP contribution in [0.25, 0.3) is 0 Å². The van der Waals surface area contributed by atoms with Gasteiger partial charge in [0.1, 0.15) is 18.2 Å². The number of anilines is 1. The monoisotopic (exact) mass is 373 g/mol. The molecule has 146 valence electrons. The fraction of sp³-hybridized carbons (Fsp3) is 0.474. The van der Waals surface area contributed by atoms with Crippen molar-refractivity contribution in [2.45, 2.75) is 6.54 Å². The van der Waals surface area contributed by atoms with Crippen LogP contribution in [0.1, 0.15) is 5.82 Å². The maximum absolute atomic E-state index is 12.6. The molecule has 0 spiro atoms. The number of ether oxygens (including phenoxy) is 2. The zero-order chi connectivity index (χ0) is 19.1. The van der Waals surface area contributed by atoms with Crippen molar-refractivity contribution in [3.05, 3.63) is 42.5 Å². The topological polar surface area (TPSA) is 71.9 Å². The Morgan fingerprint density at radius 2 is 1.96 bits per heavy atom. The number of nitrogens with zero attached hydrogens (tertiary/aromatic N) is 4. The molecule has 2 aromatic rings. The lowest BCUT2D eigenvalue weighted by atomic mass is 10.3. The zero-order valence-electron chi connectivity index (χ0n) is 15.9. The number of aromatic nitrogens is 2. The van der Waals surface area contributed by atoms with E-state index in [0.29, 0.717) is 37.7 Å². The van der Waals surface area contributed by atoms with Crippen molar-refractivity contribution < 1.29 is 14.3 Å². The first-order chi connectivity index (χ1) is 13.2. The number of benzene rings is 1. The van der Waals surface area contributed by atoms with Gasteiger partial charge in [0.25, 0.3) is 0 Å². The van der Waals surface area contributed by atoms with Gasteiger partial charge in [-0.15, -0.1) is 0 Å². The molecular weight excluding hydrogens is 346 g/mol. The summed E-state index contributed by atoms with van der Waals surface area (Å²) in [5.74, 6) is 1.69. The quantitative estimate of drug-likeness (QED) is 0.750. The van der Waals surface area contributed by atoms with Crippen LogP contribution in [0.5, 0.6) is 5.75 Å². The molecule has 1 aromatic carbocycles. The fourth-order valence-corrected chi connectivity index (χ4v) is 2.98. The largest absolute Gasteiger partial charge is 0.489 e. The molecule has 8 heteroatoms. The van der Waals surface area contributed by atoms with Gasteiger partial charge in [0.15, 0.2) is 0 Å². The number of hydrogen-bond donors (Lipinski definition) is 1. The van der Waals surface area contributed by atoms with Gasteiger partial charge >= 0.3 is 6.03 Å². The molecule has 27 heavy (non-hydrogen) atoms. The van der Waals surface area contributed by atoms with E-state index in [-0.39, 0.29) is 6.03 Å². The molecule has 2 heterocycles. The Bertz CT molecular complexity index is 740. The first-order valence-electron chi connectivity index (χ1n) is 9.12. The summed E-state index contributed by atoms with van der Waals surface area (Å²) in [6.07, 6.45) is 3.76. The first-order valence-corrected chi connectivity index (χ1v) is 9.12. The van der Waals surface area contributed by atoms with Crippen molar-refractivity contribution in [3.63, 3.8) is 0 Å². The Morgan fingerprint density at radius 1 is 1.19 bits per heavy atom. The number of carbonyl (C=O) groups excluding carboxylic acids is 1. The summed E-state index contributed by atoms with van der Waals surface area (Å²) in [5.41, 5.74) is 0.675. The van der Waals surface area contributed by atoms with Crippen LogP contribution in [0.2, 0.25) is 0 Å². The Labute approximate surface area is 159 Å². The fourth-order valence-electron chi connectivity index (χ4n) is 2.98. The van der Waals surface area contributed by atoms with E-state index in [1.165, 1.54) is 0 Å². The smallest absolute Gasteiger partial charge is 0.322 e. The third kappa shape index (κ3) is 5.21. The van der Waals surface area contributed by atoms with Crippen molar-refractivity contribution in [1.29, 1.82) is 0 Å². The van der Waals surface area contributed by atoms with E-state index in [4.69, 9.17) is 9.47 Å². The van der Waals surface area contributed by atoms with Crippen molar-refractivity contribution >= 4 is 11.7 Å². The van der Waals surface area contributed by atoms with Crippen LogP contribution in [0.4, 0.5) is 10.5 Å². The van der Waals surface area contributed by atoms with Crippen LogP contribution in [0.15, 0.2) is 36.7 Å². The first kappa shape index (κ1) is 19.2. The molecule has 3 rings (SSSR count). The van der Waals surface area contributed by atoms with Crippen LogP contribution in [0, 0.1) is 0 Å². The number of piperazine rings is 1. The average Bonchev–Trinajstić information content (AvgIpc) is 3.08. The summed E-state index contributed by atoms with van der Waals surface area (Å²) >= 11 is 0. The highest BCUT2D eigenvalue weighted by Gasteiger charge is 2.22. The van der Waals surface area contributed by atoms with Crippen molar-refractivity contribution in [1.82, 2.24) is 19.4 Å². The second-order valence-electron chi connectivity index (χ2n) is 6.49. The molecule has 1 fully saturated rings. The summed E-state index contributed by atoms with van der Waals surface area (Å²) in [7, 11) is 3.63. The van der Waals surface area contributed by atoms with E-state index in [9.17, 15) is 4.79 Å². The maximum atomic E-state index is 12.6. The second-order valence-corrected chi connectivity index (χ2v) is 6.49. The van der Waals surface area contributed by atoms with E-state index in [1.807, 2.05) is 53.2 Å². The van der Waals surface area contributed by atoms with E-state index in [1.54, 1.807) is 7.11 Å². The van der Waals surface area contributed by atoms with E-state index < -0.39 is 0 Å². The average molecular weight is 373 g/mol. The Kier molecular flexibility index (Phi) is 6.67. The van der Waals surface area contributed by atoms with E-state index in [2.05, 4.69) is 15.2 Å². The molecule has 0 saturated carbocycles. The molecule has 8 nitrogen and oxygen atoms in total. The third-order valence-electron chi connectivity index (χ3n) is 4.62. The molecule has 0 radical (unpaired) electrons. The summed E-state index contributed by atoms with van der Waals surface area (Å²) in [6, 6.07) is 7.35. The molecule has 1 aliphatic rings. The van der Waals surface area contributed by atoms with Gasteiger partial charge in [0.2, 0.25) is 0 Å². The Hall–Kier alpha value is -2.58. The zero-order valence-corrected chi connectivity index (χ0v) is 15.9. The molecule has 1 aliphatic heterocycles. The minimum Gasteiger partial charge on any atom is -0.489 e. The standard InChI is InChI=1S/C19H27N5O3/c1-22-8-7-20-18(22)15-23-9-11-24(12-10-23)19(25)21-16-5-3-4-6-17(16)27-14-13-26-2/h3-8H,9-15H2,1-2H3,(H,21,25). The lowest BCUT2D eigenvalue weighted by Crippen LogP contribution is -2.49. The normalized spacial score (nSPS) is 15.0. The van der Waals surface area contributed by atoms with Gasteiger partial charge in [-0.1, -0.05) is 12.1 Å². The van der Waals surface area contributed by atoms with Gasteiger partial charge in [-0.05, 0) is 12.1 Å². The summed E-state index contributed by atoms with van der Waals surface area (Å²) in [4.78, 5) is 21.1. The highest BCUT2D eigenvalue weighted by atomic mass is 16.5. The number of aryl methyl sites for hydroxylation is 1. The number of nitrogens with one attached hydrogen (secondary N) is 1. The Balaban J connectivity index is 1.50. The minimum atomic E-state index is -0.102. The summed E-state index contributed by atoms with van der Waals surface area (Å²) in [6.45, 7) is 4.76. The van der Waals surface area contributed by atoms with Crippen LogP contribution < -0.4 is 10.1 Å². The number of urea groups is 1. The maximum Gasteiger partial charge on any atom is 0.322 e.